The lowest BCUT2D eigenvalue weighted by Crippen LogP contribution is -2.21. The van der Waals surface area contributed by atoms with Gasteiger partial charge in [0.15, 0.2) is 0 Å². The monoisotopic (exact) mass is 613 g/mol. The van der Waals surface area contributed by atoms with E-state index in [1.807, 2.05) is 92.0 Å². The van der Waals surface area contributed by atoms with Crippen molar-refractivity contribution in [1.29, 1.82) is 0 Å². The zero-order chi connectivity index (χ0) is 32.0. The van der Waals surface area contributed by atoms with Gasteiger partial charge in [0.1, 0.15) is 23.3 Å². The molecule has 0 aliphatic rings. The lowest BCUT2D eigenvalue weighted by atomic mass is 10.1. The summed E-state index contributed by atoms with van der Waals surface area (Å²) in [4.78, 5) is 30.4. The summed E-state index contributed by atoms with van der Waals surface area (Å²) in [5, 5.41) is 18.6. The molecule has 12 heteroatoms. The Hall–Kier alpha value is -5.75. The molecule has 45 heavy (non-hydrogen) atoms. The van der Waals surface area contributed by atoms with Crippen LogP contribution in [0.25, 0.3) is 33.2 Å². The second kappa shape index (κ2) is 13.3. The summed E-state index contributed by atoms with van der Waals surface area (Å²) in [7, 11) is 1.89. The van der Waals surface area contributed by atoms with Crippen LogP contribution < -0.4 is 16.0 Å². The smallest absolute Gasteiger partial charge is 0.475 e. The number of halogens is 3. The van der Waals surface area contributed by atoms with Crippen LogP contribution in [0.5, 0.6) is 0 Å². The molecular weight excluding hydrogens is 587 g/mol. The highest BCUT2D eigenvalue weighted by Gasteiger charge is 2.38. The molecule has 0 aliphatic heterocycles. The van der Waals surface area contributed by atoms with Crippen LogP contribution in [0.15, 0.2) is 108 Å². The van der Waals surface area contributed by atoms with Crippen LogP contribution >= 0.6 is 0 Å². The van der Waals surface area contributed by atoms with E-state index in [1.54, 1.807) is 0 Å². The summed E-state index contributed by atoms with van der Waals surface area (Å²) in [6.45, 7) is 0.764. The predicted octanol–water partition coefficient (Wildman–Crippen LogP) is 7.39. The van der Waals surface area contributed by atoms with Crippen molar-refractivity contribution in [3.05, 3.63) is 115 Å². The largest absolute Gasteiger partial charge is 0.490 e. The number of anilines is 3. The van der Waals surface area contributed by atoms with E-state index in [2.05, 4.69) is 38.1 Å². The topological polar surface area (TPSA) is 129 Å². The number of nitrogens with zero attached hydrogens (tertiary/aromatic N) is 2. The Labute approximate surface area is 254 Å². The number of benzene rings is 4. The van der Waals surface area contributed by atoms with Gasteiger partial charge in [0.2, 0.25) is 0 Å². The fraction of sp³-hybridized carbons (Fsp3) is 0.0909. The molecule has 1 amide bonds. The zero-order valence-electron chi connectivity index (χ0n) is 23.7. The third-order valence-electron chi connectivity index (χ3n) is 6.60. The first kappa shape index (κ1) is 30.7. The lowest BCUT2D eigenvalue weighted by Gasteiger charge is -2.10. The van der Waals surface area contributed by atoms with Gasteiger partial charge in [0, 0.05) is 45.9 Å². The summed E-state index contributed by atoms with van der Waals surface area (Å²) >= 11 is 0. The molecule has 4 N–H and O–H groups in total. The maximum atomic E-state index is 12.6. The first-order chi connectivity index (χ1) is 21.6. The molecule has 6 rings (SSSR count). The third kappa shape index (κ3) is 7.43. The molecule has 9 nitrogen and oxygen atoms in total. The van der Waals surface area contributed by atoms with Gasteiger partial charge < -0.3 is 25.5 Å². The van der Waals surface area contributed by atoms with E-state index < -0.39 is 12.1 Å². The van der Waals surface area contributed by atoms with Crippen molar-refractivity contribution in [1.82, 2.24) is 15.3 Å². The number of aromatic nitrogens is 2. The molecule has 0 aliphatic carbocycles. The molecule has 0 radical (unpaired) electrons. The number of carboxylic acids is 1. The van der Waals surface area contributed by atoms with Crippen LogP contribution in [0.3, 0.4) is 0 Å². The Morgan fingerprint density at radius 3 is 2.20 bits per heavy atom. The summed E-state index contributed by atoms with van der Waals surface area (Å²) in [6.07, 6.45) is -3.55. The number of para-hydroxylation sites is 2. The van der Waals surface area contributed by atoms with Crippen LogP contribution in [0.2, 0.25) is 0 Å². The minimum absolute atomic E-state index is 0.151. The summed E-state index contributed by atoms with van der Waals surface area (Å²) in [5.41, 5.74) is 6.60. The van der Waals surface area contributed by atoms with Gasteiger partial charge in [-0.05, 0) is 61.1 Å². The Morgan fingerprint density at radius 2 is 1.51 bits per heavy atom. The number of carbonyl (C=O) groups excluding carboxylic acids is 1. The minimum Gasteiger partial charge on any atom is -0.475 e. The molecule has 228 valence electrons. The molecule has 2 aromatic heterocycles. The average molecular weight is 614 g/mol. The number of carbonyl (C=O) groups is 2. The number of fused-ring (bicyclic) bond motifs is 3. The molecule has 0 unspecified atom stereocenters. The van der Waals surface area contributed by atoms with Crippen LogP contribution in [-0.4, -0.2) is 40.2 Å². The van der Waals surface area contributed by atoms with E-state index in [9.17, 15) is 18.0 Å². The number of nitrogens with one attached hydrogen (secondary N) is 3. The van der Waals surface area contributed by atoms with Gasteiger partial charge in [-0.3, -0.25) is 4.79 Å². The number of furan rings is 1. The van der Waals surface area contributed by atoms with E-state index in [1.165, 1.54) is 6.33 Å². The van der Waals surface area contributed by atoms with Crippen molar-refractivity contribution < 1.29 is 32.3 Å². The molecule has 0 saturated carbocycles. The SMILES string of the molecule is CNCc1ccc(C(=O)Nc2ccc(Nc3cc(-c4cccc5c4oc4ccccc45)ncn3)cc2)cc1.O=C(O)C(F)(F)F. The van der Waals surface area contributed by atoms with Crippen molar-refractivity contribution in [2.75, 3.05) is 17.7 Å². The normalized spacial score (nSPS) is 11.1. The first-order valence-corrected chi connectivity index (χ1v) is 13.6. The zero-order valence-corrected chi connectivity index (χ0v) is 23.7. The van der Waals surface area contributed by atoms with Crippen molar-refractivity contribution >= 4 is 51.0 Å². The second-order valence-corrected chi connectivity index (χ2v) is 9.76. The maximum Gasteiger partial charge on any atom is 0.490 e. The summed E-state index contributed by atoms with van der Waals surface area (Å²) < 4.78 is 37.9. The van der Waals surface area contributed by atoms with E-state index in [0.717, 1.165) is 51.0 Å². The number of rotatable bonds is 7. The number of hydrogen-bond donors (Lipinski definition) is 4. The first-order valence-electron chi connectivity index (χ1n) is 13.6. The van der Waals surface area contributed by atoms with E-state index in [-0.39, 0.29) is 5.91 Å². The molecule has 0 spiro atoms. The quantitative estimate of drug-likeness (QED) is 0.147. The number of carboxylic acid groups (broad SMARTS) is 1. The molecule has 6 aromatic rings. The number of hydrogen-bond acceptors (Lipinski definition) is 7. The fourth-order valence-electron chi connectivity index (χ4n) is 4.49. The van der Waals surface area contributed by atoms with Gasteiger partial charge in [-0.1, -0.05) is 42.5 Å². The molecular formula is C33H26F3N5O4. The highest BCUT2D eigenvalue weighted by molar-refractivity contribution is 6.09. The van der Waals surface area contributed by atoms with Crippen molar-refractivity contribution in [2.24, 2.45) is 0 Å². The average Bonchev–Trinajstić information content (AvgIpc) is 3.41. The Bertz CT molecular complexity index is 1960. The highest BCUT2D eigenvalue weighted by Crippen LogP contribution is 2.35. The fourth-order valence-corrected chi connectivity index (χ4v) is 4.49. The van der Waals surface area contributed by atoms with Gasteiger partial charge in [-0.2, -0.15) is 13.2 Å². The van der Waals surface area contributed by atoms with Crippen molar-refractivity contribution in [3.63, 3.8) is 0 Å². The Kier molecular flexibility index (Phi) is 9.05. The van der Waals surface area contributed by atoms with Crippen molar-refractivity contribution in [3.8, 4) is 11.3 Å². The van der Waals surface area contributed by atoms with Gasteiger partial charge in [-0.25, -0.2) is 14.8 Å². The third-order valence-corrected chi connectivity index (χ3v) is 6.60. The van der Waals surface area contributed by atoms with Crippen molar-refractivity contribution in [2.45, 2.75) is 12.7 Å². The molecule has 0 atom stereocenters. The van der Waals surface area contributed by atoms with Gasteiger partial charge >= 0.3 is 12.1 Å². The molecule has 0 bridgehead atoms. The number of alkyl halides is 3. The summed E-state index contributed by atoms with van der Waals surface area (Å²) in [6, 6.07) is 31.0. The van der Waals surface area contributed by atoms with E-state index in [0.29, 0.717) is 17.1 Å². The number of aliphatic carboxylic acids is 1. The van der Waals surface area contributed by atoms with E-state index >= 15 is 0 Å². The molecule has 0 fully saturated rings. The van der Waals surface area contributed by atoms with Gasteiger partial charge in [-0.15, -0.1) is 0 Å². The molecule has 4 aromatic carbocycles. The van der Waals surface area contributed by atoms with Crippen LogP contribution in [0.4, 0.5) is 30.4 Å². The highest BCUT2D eigenvalue weighted by atomic mass is 19.4. The second-order valence-electron chi connectivity index (χ2n) is 9.76. The Balaban J connectivity index is 0.000000515. The maximum absolute atomic E-state index is 12.6. The standard InChI is InChI=1S/C31H25N5O2.C2HF3O2/c1-32-18-20-9-11-21(12-10-20)31(37)36-23-15-13-22(14-16-23)35-29-17-27(33-19-34-29)26-7-4-6-25-24-5-2-3-8-28(24)38-30(25)26;3-2(4,5)1(6)7/h2-17,19,32H,18H2,1H3,(H,36,37)(H,33,34,35);(H,6,7). The number of amides is 1. The predicted molar refractivity (Wildman–Crippen MR) is 165 cm³/mol. The molecule has 0 saturated heterocycles. The summed E-state index contributed by atoms with van der Waals surface area (Å²) in [5.74, 6) is -2.25. The Morgan fingerprint density at radius 1 is 0.844 bits per heavy atom. The van der Waals surface area contributed by atoms with E-state index in [4.69, 9.17) is 14.3 Å². The molecule has 2 heterocycles. The lowest BCUT2D eigenvalue weighted by molar-refractivity contribution is -0.192. The van der Waals surface area contributed by atoms with Crippen LogP contribution in [0.1, 0.15) is 15.9 Å². The van der Waals surface area contributed by atoms with Gasteiger partial charge in [0.25, 0.3) is 5.91 Å². The minimum atomic E-state index is -5.08. The van der Waals surface area contributed by atoms with Gasteiger partial charge in [0.05, 0.1) is 5.69 Å². The van der Waals surface area contributed by atoms with Crippen LogP contribution in [0, 0.1) is 0 Å². The van der Waals surface area contributed by atoms with Crippen LogP contribution in [-0.2, 0) is 11.3 Å².